The van der Waals surface area contributed by atoms with Crippen LogP contribution in [0.4, 0.5) is 4.39 Å². The summed E-state index contributed by atoms with van der Waals surface area (Å²) < 4.78 is 13.8. The maximum Gasteiger partial charge on any atom is 0.124 e. The molecule has 0 bridgehead atoms. The molecule has 1 fully saturated rings. The van der Waals surface area contributed by atoms with Crippen LogP contribution in [0, 0.1) is 11.7 Å². The van der Waals surface area contributed by atoms with Crippen molar-refractivity contribution in [1.29, 1.82) is 0 Å². The fourth-order valence-electron chi connectivity index (χ4n) is 2.00. The maximum atomic E-state index is 13.1. The van der Waals surface area contributed by atoms with Gasteiger partial charge in [0.25, 0.3) is 0 Å². The monoisotopic (exact) mass is 287 g/mol. The Hall–Kier alpha value is -0.450. The van der Waals surface area contributed by atoms with Gasteiger partial charge in [0, 0.05) is 11.0 Å². The first-order valence-electron chi connectivity index (χ1n) is 5.47. The summed E-state index contributed by atoms with van der Waals surface area (Å²) in [6.07, 6.45) is 1.68. The summed E-state index contributed by atoms with van der Waals surface area (Å²) >= 11 is 3.27. The Balaban J connectivity index is 1.76. The van der Waals surface area contributed by atoms with Crippen LogP contribution in [0.2, 0.25) is 0 Å². The third-order valence-corrected chi connectivity index (χ3v) is 3.35. The number of aliphatic hydroxyl groups is 1. The first kappa shape index (κ1) is 12.0. The number of benzene rings is 1. The average molecular weight is 288 g/mol. The molecule has 1 saturated carbocycles. The highest BCUT2D eigenvalue weighted by Crippen LogP contribution is 2.26. The van der Waals surface area contributed by atoms with Crippen LogP contribution in [0.3, 0.4) is 0 Å². The highest BCUT2D eigenvalue weighted by Gasteiger charge is 2.26. The van der Waals surface area contributed by atoms with E-state index in [1.807, 2.05) is 6.07 Å². The van der Waals surface area contributed by atoms with Crippen LogP contribution in [0.1, 0.15) is 18.4 Å². The van der Waals surface area contributed by atoms with Crippen LogP contribution in [-0.2, 0) is 6.54 Å². The second-order valence-corrected chi connectivity index (χ2v) is 5.32. The molecule has 4 heteroatoms. The van der Waals surface area contributed by atoms with Crippen molar-refractivity contribution in [3.05, 3.63) is 34.1 Å². The fourth-order valence-corrected chi connectivity index (χ4v) is 2.51. The molecule has 0 radical (unpaired) electrons. The normalized spacial score (nSPS) is 24.2. The minimum Gasteiger partial charge on any atom is -0.393 e. The molecule has 1 aliphatic rings. The van der Waals surface area contributed by atoms with Crippen LogP contribution in [-0.4, -0.2) is 17.8 Å². The second-order valence-electron chi connectivity index (χ2n) is 4.40. The van der Waals surface area contributed by atoms with E-state index in [1.54, 1.807) is 0 Å². The molecule has 0 aromatic heterocycles. The van der Waals surface area contributed by atoms with Gasteiger partial charge in [-0.25, -0.2) is 4.39 Å². The van der Waals surface area contributed by atoms with E-state index in [4.69, 9.17) is 5.11 Å². The Morgan fingerprint density at radius 2 is 2.12 bits per heavy atom. The Labute approximate surface area is 103 Å². The van der Waals surface area contributed by atoms with E-state index in [9.17, 15) is 4.39 Å². The lowest BCUT2D eigenvalue weighted by Crippen LogP contribution is -2.35. The van der Waals surface area contributed by atoms with Crippen molar-refractivity contribution in [2.45, 2.75) is 25.5 Å². The summed E-state index contributed by atoms with van der Waals surface area (Å²) in [6, 6.07) is 4.89. The van der Waals surface area contributed by atoms with Gasteiger partial charge in [0.05, 0.1) is 6.10 Å². The number of halogens is 2. The zero-order chi connectivity index (χ0) is 11.5. The summed E-state index contributed by atoms with van der Waals surface area (Å²) in [4.78, 5) is 0. The molecule has 0 spiro atoms. The van der Waals surface area contributed by atoms with E-state index in [1.165, 1.54) is 12.1 Å². The van der Waals surface area contributed by atoms with Gasteiger partial charge < -0.3 is 10.4 Å². The molecule has 0 unspecified atom stereocenters. The van der Waals surface area contributed by atoms with Gasteiger partial charge in [-0.15, -0.1) is 0 Å². The van der Waals surface area contributed by atoms with E-state index < -0.39 is 0 Å². The summed E-state index contributed by atoms with van der Waals surface area (Å²) in [6.45, 7) is 1.56. The third-order valence-electron chi connectivity index (χ3n) is 2.90. The highest BCUT2D eigenvalue weighted by molar-refractivity contribution is 9.10. The maximum absolute atomic E-state index is 13.1. The van der Waals surface area contributed by atoms with Gasteiger partial charge in [-0.1, -0.05) is 15.9 Å². The predicted molar refractivity (Wildman–Crippen MR) is 64.5 cm³/mol. The molecular formula is C12H15BrFNO. The minimum atomic E-state index is -0.217. The van der Waals surface area contributed by atoms with E-state index >= 15 is 0 Å². The van der Waals surface area contributed by atoms with Gasteiger partial charge >= 0.3 is 0 Å². The van der Waals surface area contributed by atoms with Crippen molar-refractivity contribution >= 4 is 15.9 Å². The van der Waals surface area contributed by atoms with Gasteiger partial charge in [-0.2, -0.15) is 0 Å². The second kappa shape index (κ2) is 5.25. The van der Waals surface area contributed by atoms with Gasteiger partial charge in [0.15, 0.2) is 0 Å². The van der Waals surface area contributed by atoms with Crippen LogP contribution in [0.15, 0.2) is 22.7 Å². The summed E-state index contributed by atoms with van der Waals surface area (Å²) in [7, 11) is 0. The van der Waals surface area contributed by atoms with Crippen LogP contribution in [0.5, 0.6) is 0 Å². The van der Waals surface area contributed by atoms with E-state index in [2.05, 4.69) is 21.2 Å². The van der Waals surface area contributed by atoms with Crippen molar-refractivity contribution < 1.29 is 9.50 Å². The van der Waals surface area contributed by atoms with Crippen LogP contribution < -0.4 is 5.32 Å². The topological polar surface area (TPSA) is 32.3 Å². The number of nitrogens with one attached hydrogen (secondary N) is 1. The molecule has 0 atom stereocenters. The van der Waals surface area contributed by atoms with E-state index in [0.29, 0.717) is 12.5 Å². The van der Waals surface area contributed by atoms with Crippen molar-refractivity contribution in [3.63, 3.8) is 0 Å². The quantitative estimate of drug-likeness (QED) is 0.892. The Kier molecular flexibility index (Phi) is 3.95. The highest BCUT2D eigenvalue weighted by atomic mass is 79.9. The van der Waals surface area contributed by atoms with Gasteiger partial charge in [0.2, 0.25) is 0 Å². The molecule has 2 nitrogen and oxygen atoms in total. The van der Waals surface area contributed by atoms with Gasteiger partial charge in [-0.05, 0) is 49.1 Å². The molecule has 1 aromatic rings. The fraction of sp³-hybridized carbons (Fsp3) is 0.500. The first-order valence-corrected chi connectivity index (χ1v) is 6.26. The van der Waals surface area contributed by atoms with Crippen molar-refractivity contribution in [2.24, 2.45) is 5.92 Å². The van der Waals surface area contributed by atoms with E-state index in [0.717, 1.165) is 29.4 Å². The molecule has 0 saturated heterocycles. The van der Waals surface area contributed by atoms with Crippen LogP contribution in [0.25, 0.3) is 0 Å². The van der Waals surface area contributed by atoms with Crippen LogP contribution >= 0.6 is 15.9 Å². The summed E-state index contributed by atoms with van der Waals surface area (Å²) in [5.41, 5.74) is 0.937. The number of rotatable bonds is 4. The molecule has 88 valence electrons. The number of hydrogen-bond donors (Lipinski definition) is 2. The number of aliphatic hydroxyl groups excluding tert-OH is 1. The largest absolute Gasteiger partial charge is 0.393 e. The molecule has 0 aliphatic heterocycles. The van der Waals surface area contributed by atoms with Crippen molar-refractivity contribution in [3.8, 4) is 0 Å². The summed E-state index contributed by atoms with van der Waals surface area (Å²) in [5.74, 6) is 0.359. The zero-order valence-corrected chi connectivity index (χ0v) is 10.5. The molecule has 1 aliphatic carbocycles. The van der Waals surface area contributed by atoms with Crippen molar-refractivity contribution in [1.82, 2.24) is 5.32 Å². The SMILES string of the molecule is OC1CC(CNCc2cc(F)cc(Br)c2)C1. The zero-order valence-electron chi connectivity index (χ0n) is 8.92. The molecular weight excluding hydrogens is 273 g/mol. The predicted octanol–water partition coefficient (Wildman–Crippen LogP) is 2.45. The third kappa shape index (κ3) is 3.27. The lowest BCUT2D eigenvalue weighted by atomic mass is 9.82. The molecule has 0 amide bonds. The smallest absolute Gasteiger partial charge is 0.124 e. The van der Waals surface area contributed by atoms with Crippen molar-refractivity contribution in [2.75, 3.05) is 6.54 Å². The van der Waals surface area contributed by atoms with Gasteiger partial charge in [-0.3, -0.25) is 0 Å². The number of hydrogen-bond acceptors (Lipinski definition) is 2. The lowest BCUT2D eigenvalue weighted by molar-refractivity contribution is 0.0430. The summed E-state index contributed by atoms with van der Waals surface area (Å²) in [5, 5.41) is 12.4. The molecule has 2 rings (SSSR count). The average Bonchev–Trinajstić information content (AvgIpc) is 2.13. The Morgan fingerprint density at radius 3 is 2.75 bits per heavy atom. The minimum absolute atomic E-state index is 0.102. The molecule has 0 heterocycles. The molecule has 2 N–H and O–H groups in total. The Morgan fingerprint density at radius 1 is 1.38 bits per heavy atom. The Bertz CT molecular complexity index is 346. The van der Waals surface area contributed by atoms with E-state index in [-0.39, 0.29) is 11.9 Å². The lowest BCUT2D eigenvalue weighted by Gasteiger charge is -2.31. The molecule has 16 heavy (non-hydrogen) atoms. The molecule has 1 aromatic carbocycles. The first-order chi connectivity index (χ1) is 7.63. The standard InChI is InChI=1S/C12H15BrFNO/c13-10-1-8(2-11(14)5-10)6-15-7-9-3-12(16)4-9/h1-2,5,9,12,15-16H,3-4,6-7H2. The van der Waals surface area contributed by atoms with Gasteiger partial charge in [0.1, 0.15) is 5.82 Å².